The Hall–Kier alpha value is -3.13. The van der Waals surface area contributed by atoms with Gasteiger partial charge in [-0.25, -0.2) is 4.79 Å². The number of benzene rings is 2. The summed E-state index contributed by atoms with van der Waals surface area (Å²) in [4.78, 5) is 22.9. The maximum atomic E-state index is 11.8. The predicted octanol–water partition coefficient (Wildman–Crippen LogP) is 2.29. The standard InChI is InChI=1S/C17H16N2O5S/c1-10-7-11(8-13(15(10)21)16(22)23)18-17(25)19-14(20)9-24-12-5-3-2-4-6-12/h2-8,21H,9H2,1H3,(H,22,23)(H2,18,19,20,25). The van der Waals surface area contributed by atoms with Gasteiger partial charge in [0.15, 0.2) is 11.7 Å². The van der Waals surface area contributed by atoms with Crippen LogP contribution in [-0.2, 0) is 4.79 Å². The largest absolute Gasteiger partial charge is 0.507 e. The Balaban J connectivity index is 1.93. The van der Waals surface area contributed by atoms with Gasteiger partial charge in [-0.2, -0.15) is 0 Å². The summed E-state index contributed by atoms with van der Waals surface area (Å²) in [5, 5.41) is 23.9. The molecule has 0 aliphatic carbocycles. The highest BCUT2D eigenvalue weighted by Gasteiger charge is 2.14. The second kappa shape index (κ2) is 8.11. The van der Waals surface area contributed by atoms with Gasteiger partial charge in [-0.1, -0.05) is 18.2 Å². The number of hydrogen-bond acceptors (Lipinski definition) is 5. The minimum Gasteiger partial charge on any atom is -0.507 e. The van der Waals surface area contributed by atoms with Crippen molar-refractivity contribution in [3.05, 3.63) is 53.6 Å². The number of nitrogens with one attached hydrogen (secondary N) is 2. The van der Waals surface area contributed by atoms with Crippen molar-refractivity contribution >= 4 is 34.9 Å². The van der Waals surface area contributed by atoms with Gasteiger partial charge in [0, 0.05) is 5.69 Å². The van der Waals surface area contributed by atoms with Crippen LogP contribution in [-0.4, -0.2) is 33.8 Å². The average molecular weight is 360 g/mol. The van der Waals surface area contributed by atoms with Gasteiger partial charge in [-0.05, 0) is 49.0 Å². The number of phenols is 1. The van der Waals surface area contributed by atoms with E-state index >= 15 is 0 Å². The topological polar surface area (TPSA) is 108 Å². The Bertz CT molecular complexity index is 808. The number of carboxylic acid groups (broad SMARTS) is 1. The van der Waals surface area contributed by atoms with E-state index in [4.69, 9.17) is 22.1 Å². The number of amides is 1. The summed E-state index contributed by atoms with van der Waals surface area (Å²) in [6.07, 6.45) is 0. The van der Waals surface area contributed by atoms with Crippen molar-refractivity contribution in [2.45, 2.75) is 6.92 Å². The van der Waals surface area contributed by atoms with Gasteiger partial charge >= 0.3 is 5.97 Å². The summed E-state index contributed by atoms with van der Waals surface area (Å²) in [6, 6.07) is 11.6. The molecule has 0 radical (unpaired) electrons. The van der Waals surface area contributed by atoms with E-state index in [1.807, 2.05) is 6.07 Å². The number of aromatic hydroxyl groups is 1. The second-order valence-corrected chi connectivity index (χ2v) is 5.51. The molecule has 0 saturated carbocycles. The number of rotatable bonds is 5. The first-order valence-corrected chi connectivity index (χ1v) is 7.63. The van der Waals surface area contributed by atoms with Crippen LogP contribution in [0, 0.1) is 6.92 Å². The minimum absolute atomic E-state index is 0.0110. The molecule has 0 aliphatic heterocycles. The van der Waals surface area contributed by atoms with Crippen molar-refractivity contribution < 1.29 is 24.5 Å². The van der Waals surface area contributed by atoms with Crippen LogP contribution in [0.3, 0.4) is 0 Å². The van der Waals surface area contributed by atoms with Crippen molar-refractivity contribution in [1.82, 2.24) is 5.32 Å². The molecule has 0 heterocycles. The zero-order chi connectivity index (χ0) is 18.4. The van der Waals surface area contributed by atoms with Gasteiger partial charge in [-0.3, -0.25) is 10.1 Å². The molecule has 0 bridgehead atoms. The molecule has 0 aliphatic rings. The lowest BCUT2D eigenvalue weighted by molar-refractivity contribution is -0.121. The number of hydrogen-bond donors (Lipinski definition) is 4. The van der Waals surface area contributed by atoms with Crippen LogP contribution < -0.4 is 15.4 Å². The van der Waals surface area contributed by atoms with E-state index in [2.05, 4.69) is 10.6 Å². The summed E-state index contributed by atoms with van der Waals surface area (Å²) in [5.41, 5.74) is 0.440. The normalized spacial score (nSPS) is 9.96. The third kappa shape index (κ3) is 5.18. The Morgan fingerprint density at radius 2 is 1.88 bits per heavy atom. The van der Waals surface area contributed by atoms with E-state index in [0.29, 0.717) is 17.0 Å². The zero-order valence-corrected chi connectivity index (χ0v) is 14.1. The van der Waals surface area contributed by atoms with Gasteiger partial charge in [0.25, 0.3) is 5.91 Å². The number of aromatic carboxylic acids is 1. The van der Waals surface area contributed by atoms with Crippen LogP contribution in [0.2, 0.25) is 0 Å². The van der Waals surface area contributed by atoms with E-state index in [9.17, 15) is 14.7 Å². The summed E-state index contributed by atoms with van der Waals surface area (Å²) in [6.45, 7) is 1.34. The number of carbonyl (C=O) groups excluding carboxylic acids is 1. The summed E-state index contributed by atoms with van der Waals surface area (Å²) >= 11 is 5.02. The van der Waals surface area contributed by atoms with Gasteiger partial charge in [0.2, 0.25) is 0 Å². The fourth-order valence-corrected chi connectivity index (χ4v) is 2.24. The molecular weight excluding hydrogens is 344 g/mol. The molecule has 0 saturated heterocycles. The van der Waals surface area contributed by atoms with Crippen LogP contribution in [0.4, 0.5) is 5.69 Å². The molecule has 1 amide bonds. The van der Waals surface area contributed by atoms with Gasteiger partial charge in [0.05, 0.1) is 0 Å². The lowest BCUT2D eigenvalue weighted by atomic mass is 10.1. The summed E-state index contributed by atoms with van der Waals surface area (Å²) < 4.78 is 5.29. The van der Waals surface area contributed by atoms with E-state index in [0.717, 1.165) is 0 Å². The van der Waals surface area contributed by atoms with Crippen LogP contribution in [0.25, 0.3) is 0 Å². The third-order valence-electron chi connectivity index (χ3n) is 3.15. The molecule has 2 rings (SSSR count). The van der Waals surface area contributed by atoms with E-state index < -0.39 is 11.9 Å². The molecule has 2 aromatic carbocycles. The number of aryl methyl sites for hydroxylation is 1. The van der Waals surface area contributed by atoms with E-state index in [1.165, 1.54) is 12.1 Å². The maximum absolute atomic E-state index is 11.8. The molecule has 0 unspecified atom stereocenters. The van der Waals surface area contributed by atoms with Crippen LogP contribution in [0.1, 0.15) is 15.9 Å². The van der Waals surface area contributed by atoms with Crippen molar-refractivity contribution in [1.29, 1.82) is 0 Å². The zero-order valence-electron chi connectivity index (χ0n) is 13.3. The predicted molar refractivity (Wildman–Crippen MR) is 96.1 cm³/mol. The second-order valence-electron chi connectivity index (χ2n) is 5.10. The van der Waals surface area contributed by atoms with Crippen molar-refractivity contribution in [2.24, 2.45) is 0 Å². The Morgan fingerprint density at radius 1 is 1.20 bits per heavy atom. The number of carboxylic acids is 1. The molecule has 0 fully saturated rings. The molecule has 2 aromatic rings. The fourth-order valence-electron chi connectivity index (χ4n) is 2.01. The molecule has 25 heavy (non-hydrogen) atoms. The van der Waals surface area contributed by atoms with Crippen molar-refractivity contribution in [3.63, 3.8) is 0 Å². The highest BCUT2D eigenvalue weighted by molar-refractivity contribution is 7.80. The highest BCUT2D eigenvalue weighted by atomic mass is 32.1. The van der Waals surface area contributed by atoms with Gasteiger partial charge in [-0.15, -0.1) is 0 Å². The van der Waals surface area contributed by atoms with Gasteiger partial charge < -0.3 is 20.3 Å². The number of ether oxygens (including phenoxy) is 1. The number of thiocarbonyl (C=S) groups is 1. The molecular formula is C17H16N2O5S. The van der Waals surface area contributed by atoms with Crippen LogP contribution >= 0.6 is 12.2 Å². The Kier molecular flexibility index (Phi) is 5.91. The quantitative estimate of drug-likeness (QED) is 0.479. The summed E-state index contributed by atoms with van der Waals surface area (Å²) in [5.74, 6) is -1.49. The maximum Gasteiger partial charge on any atom is 0.339 e. The number of para-hydroxylation sites is 1. The first-order chi connectivity index (χ1) is 11.9. The fraction of sp³-hybridized carbons (Fsp3) is 0.118. The van der Waals surface area contributed by atoms with E-state index in [-0.39, 0.29) is 23.0 Å². The molecule has 8 heteroatoms. The molecule has 130 valence electrons. The van der Waals surface area contributed by atoms with Crippen LogP contribution in [0.15, 0.2) is 42.5 Å². The van der Waals surface area contributed by atoms with Gasteiger partial charge in [0.1, 0.15) is 17.1 Å². The Morgan fingerprint density at radius 3 is 2.52 bits per heavy atom. The highest BCUT2D eigenvalue weighted by Crippen LogP contribution is 2.26. The monoisotopic (exact) mass is 360 g/mol. The average Bonchev–Trinajstić information content (AvgIpc) is 2.56. The number of carbonyl (C=O) groups is 2. The lowest BCUT2D eigenvalue weighted by Crippen LogP contribution is -2.37. The van der Waals surface area contributed by atoms with E-state index in [1.54, 1.807) is 31.2 Å². The first-order valence-electron chi connectivity index (χ1n) is 7.22. The molecule has 0 aromatic heterocycles. The van der Waals surface area contributed by atoms with Crippen molar-refractivity contribution in [2.75, 3.05) is 11.9 Å². The third-order valence-corrected chi connectivity index (χ3v) is 3.36. The molecule has 4 N–H and O–H groups in total. The van der Waals surface area contributed by atoms with Crippen LogP contribution in [0.5, 0.6) is 11.5 Å². The minimum atomic E-state index is -1.27. The smallest absolute Gasteiger partial charge is 0.339 e. The molecule has 0 atom stereocenters. The summed E-state index contributed by atoms with van der Waals surface area (Å²) in [7, 11) is 0. The lowest BCUT2D eigenvalue weighted by Gasteiger charge is -2.12. The molecule has 0 spiro atoms. The van der Waals surface area contributed by atoms with Crippen molar-refractivity contribution in [3.8, 4) is 11.5 Å². The SMILES string of the molecule is Cc1cc(NC(=S)NC(=O)COc2ccccc2)cc(C(=O)O)c1O. The number of anilines is 1. The Labute approximate surface area is 149 Å². The molecule has 7 nitrogen and oxygen atoms in total. The first kappa shape index (κ1) is 18.2.